The number of piperidine rings is 1. The summed E-state index contributed by atoms with van der Waals surface area (Å²) in [5.74, 6) is 2.86. The molecule has 2 aliphatic heterocycles. The summed E-state index contributed by atoms with van der Waals surface area (Å²) in [6, 6.07) is 5.11. The largest absolute Gasteiger partial charge is 0.490 e. The molecule has 8 nitrogen and oxygen atoms in total. The summed E-state index contributed by atoms with van der Waals surface area (Å²) in [6.45, 7) is 2.79. The molecule has 1 fully saturated rings. The first-order valence-corrected chi connectivity index (χ1v) is 9.66. The molecule has 0 aliphatic carbocycles. The van der Waals surface area contributed by atoms with E-state index in [-0.39, 0.29) is 5.69 Å². The Bertz CT molecular complexity index is 835. The number of anilines is 1. The van der Waals surface area contributed by atoms with Gasteiger partial charge in [-0.2, -0.15) is 0 Å². The lowest BCUT2D eigenvalue weighted by atomic mass is 9.96. The number of ether oxygens (including phenoxy) is 1. The Morgan fingerprint density at radius 2 is 2.07 bits per heavy atom. The fourth-order valence-corrected chi connectivity index (χ4v) is 4.25. The van der Waals surface area contributed by atoms with E-state index in [1.807, 2.05) is 6.07 Å². The molecule has 0 saturated carbocycles. The third kappa shape index (κ3) is 3.48. The number of fused-ring (bicyclic) bond motifs is 1. The number of nitro groups is 1. The second-order valence-electron chi connectivity index (χ2n) is 7.34. The minimum Gasteiger partial charge on any atom is -0.490 e. The van der Waals surface area contributed by atoms with Crippen LogP contribution in [0.15, 0.2) is 18.2 Å². The summed E-state index contributed by atoms with van der Waals surface area (Å²) >= 11 is 0. The van der Waals surface area contributed by atoms with Gasteiger partial charge in [0, 0.05) is 49.8 Å². The molecule has 2 aliphatic rings. The van der Waals surface area contributed by atoms with E-state index in [1.54, 1.807) is 6.07 Å². The van der Waals surface area contributed by atoms with Crippen molar-refractivity contribution in [3.63, 3.8) is 0 Å². The first-order valence-electron chi connectivity index (χ1n) is 9.66. The Hall–Kier alpha value is -2.64. The number of methoxy groups -OCH3 is 1. The van der Waals surface area contributed by atoms with Crippen molar-refractivity contribution in [2.75, 3.05) is 25.1 Å². The Morgan fingerprint density at radius 3 is 2.89 bits per heavy atom. The maximum atomic E-state index is 11.1. The van der Waals surface area contributed by atoms with Crippen LogP contribution >= 0.6 is 0 Å². The van der Waals surface area contributed by atoms with Gasteiger partial charge in [-0.15, -0.1) is 10.2 Å². The van der Waals surface area contributed by atoms with Crippen LogP contribution in [0.3, 0.4) is 0 Å². The van der Waals surface area contributed by atoms with E-state index in [0.29, 0.717) is 11.7 Å². The summed E-state index contributed by atoms with van der Waals surface area (Å²) in [4.78, 5) is 13.0. The van der Waals surface area contributed by atoms with Gasteiger partial charge in [-0.3, -0.25) is 10.1 Å². The average molecular weight is 371 g/mol. The molecule has 0 spiro atoms. The first kappa shape index (κ1) is 17.8. The molecule has 144 valence electrons. The van der Waals surface area contributed by atoms with Crippen LogP contribution in [-0.2, 0) is 13.0 Å². The third-order valence-electron chi connectivity index (χ3n) is 5.65. The normalized spacial score (nSPS) is 20.0. The van der Waals surface area contributed by atoms with E-state index in [2.05, 4.69) is 19.7 Å². The maximum Gasteiger partial charge on any atom is 0.311 e. The molecule has 0 amide bonds. The van der Waals surface area contributed by atoms with E-state index < -0.39 is 4.92 Å². The van der Waals surface area contributed by atoms with E-state index in [9.17, 15) is 10.1 Å². The van der Waals surface area contributed by atoms with Crippen molar-refractivity contribution in [1.82, 2.24) is 14.8 Å². The van der Waals surface area contributed by atoms with Crippen molar-refractivity contribution in [3.05, 3.63) is 40.0 Å². The zero-order valence-electron chi connectivity index (χ0n) is 15.6. The van der Waals surface area contributed by atoms with Crippen LogP contribution in [0.4, 0.5) is 11.4 Å². The predicted octanol–water partition coefficient (Wildman–Crippen LogP) is 3.31. The van der Waals surface area contributed by atoms with Crippen molar-refractivity contribution in [2.45, 2.75) is 51.0 Å². The van der Waals surface area contributed by atoms with Crippen molar-refractivity contribution in [3.8, 4) is 5.75 Å². The highest BCUT2D eigenvalue weighted by Crippen LogP contribution is 2.35. The molecule has 0 unspecified atom stereocenters. The summed E-state index contributed by atoms with van der Waals surface area (Å²) in [6.07, 6.45) is 6.81. The van der Waals surface area contributed by atoms with Crippen LogP contribution < -0.4 is 9.64 Å². The molecule has 1 atom stereocenters. The number of hydrogen-bond donors (Lipinski definition) is 0. The molecule has 1 aromatic heterocycles. The van der Waals surface area contributed by atoms with Gasteiger partial charge in [0.15, 0.2) is 5.75 Å². The summed E-state index contributed by atoms with van der Waals surface area (Å²) in [7, 11) is 1.47. The zero-order valence-corrected chi connectivity index (χ0v) is 15.6. The lowest BCUT2D eigenvalue weighted by Crippen LogP contribution is -2.35. The van der Waals surface area contributed by atoms with Crippen molar-refractivity contribution < 1.29 is 9.66 Å². The first-order chi connectivity index (χ1) is 13.2. The second-order valence-corrected chi connectivity index (χ2v) is 7.34. The Labute approximate surface area is 158 Å². The average Bonchev–Trinajstić information content (AvgIpc) is 2.95. The quantitative estimate of drug-likeness (QED) is 0.605. The van der Waals surface area contributed by atoms with Crippen molar-refractivity contribution >= 4 is 11.4 Å². The molecular weight excluding hydrogens is 346 g/mol. The Morgan fingerprint density at radius 1 is 1.19 bits per heavy atom. The van der Waals surface area contributed by atoms with E-state index in [0.717, 1.165) is 56.2 Å². The highest BCUT2D eigenvalue weighted by Gasteiger charge is 2.28. The minimum absolute atomic E-state index is 0.00224. The number of nitrogens with zero attached hydrogens (tertiary/aromatic N) is 5. The molecule has 0 bridgehead atoms. The maximum absolute atomic E-state index is 11.1. The van der Waals surface area contributed by atoms with Gasteiger partial charge in [-0.05, 0) is 31.7 Å². The molecular formula is C19H25N5O3. The van der Waals surface area contributed by atoms with E-state index in [1.165, 1.54) is 32.4 Å². The molecule has 1 aromatic carbocycles. The van der Waals surface area contributed by atoms with Crippen LogP contribution in [0.2, 0.25) is 0 Å². The van der Waals surface area contributed by atoms with Crippen molar-refractivity contribution in [2.24, 2.45) is 0 Å². The van der Waals surface area contributed by atoms with Gasteiger partial charge in [0.25, 0.3) is 0 Å². The zero-order chi connectivity index (χ0) is 18.8. The summed E-state index contributed by atoms with van der Waals surface area (Å²) in [5.41, 5.74) is 0.954. The lowest BCUT2D eigenvalue weighted by Gasteiger charge is -2.34. The van der Waals surface area contributed by atoms with Gasteiger partial charge in [-0.1, -0.05) is 6.42 Å². The van der Waals surface area contributed by atoms with Gasteiger partial charge in [0.2, 0.25) is 0 Å². The second kappa shape index (κ2) is 7.54. The number of benzene rings is 1. The fourth-order valence-electron chi connectivity index (χ4n) is 4.25. The number of aryl methyl sites for hydroxylation is 1. The topological polar surface area (TPSA) is 86.3 Å². The minimum atomic E-state index is -0.410. The van der Waals surface area contributed by atoms with E-state index in [4.69, 9.17) is 4.74 Å². The lowest BCUT2D eigenvalue weighted by molar-refractivity contribution is -0.385. The smallest absolute Gasteiger partial charge is 0.311 e. The van der Waals surface area contributed by atoms with Crippen LogP contribution in [0.1, 0.15) is 49.7 Å². The molecule has 0 N–H and O–H groups in total. The molecule has 8 heteroatoms. The SMILES string of the molecule is COc1cc(N2CCC[C@H](c3nnc4n3CCCCC4)C2)ccc1[N+](=O)[O-]. The van der Waals surface area contributed by atoms with Crippen molar-refractivity contribution in [1.29, 1.82) is 0 Å². The van der Waals surface area contributed by atoms with Crippen LogP contribution in [-0.4, -0.2) is 39.9 Å². The third-order valence-corrected chi connectivity index (χ3v) is 5.65. The Balaban J connectivity index is 1.57. The van der Waals surface area contributed by atoms with Gasteiger partial charge >= 0.3 is 5.69 Å². The monoisotopic (exact) mass is 371 g/mol. The highest BCUT2D eigenvalue weighted by molar-refractivity contribution is 5.59. The van der Waals surface area contributed by atoms with Gasteiger partial charge in [0.1, 0.15) is 11.6 Å². The highest BCUT2D eigenvalue weighted by atomic mass is 16.6. The van der Waals surface area contributed by atoms with Crippen LogP contribution in [0, 0.1) is 10.1 Å². The van der Waals surface area contributed by atoms with Gasteiger partial charge in [0.05, 0.1) is 12.0 Å². The standard InChI is InChI=1S/C19H25N5O3/c1-27-17-12-15(8-9-16(17)24(25)26)22-10-5-6-14(13-22)19-21-20-18-7-3-2-4-11-23(18)19/h8-9,12,14H,2-7,10-11,13H2,1H3/t14-/m0/s1. The molecule has 0 radical (unpaired) electrons. The molecule has 2 aromatic rings. The molecule has 3 heterocycles. The molecule has 1 saturated heterocycles. The van der Waals surface area contributed by atoms with Crippen LogP contribution in [0.5, 0.6) is 5.75 Å². The van der Waals surface area contributed by atoms with Crippen LogP contribution in [0.25, 0.3) is 0 Å². The van der Waals surface area contributed by atoms with E-state index >= 15 is 0 Å². The molecule has 4 rings (SSSR count). The number of hydrogen-bond acceptors (Lipinski definition) is 6. The number of rotatable bonds is 4. The Kier molecular flexibility index (Phi) is 4.96. The number of nitro benzene ring substituents is 1. The molecule has 27 heavy (non-hydrogen) atoms. The van der Waals surface area contributed by atoms with Gasteiger partial charge in [-0.25, -0.2) is 0 Å². The fraction of sp³-hybridized carbons (Fsp3) is 0.579. The summed E-state index contributed by atoms with van der Waals surface area (Å²) < 4.78 is 7.56. The predicted molar refractivity (Wildman–Crippen MR) is 101 cm³/mol. The number of aromatic nitrogens is 3. The summed E-state index contributed by atoms with van der Waals surface area (Å²) in [5, 5.41) is 20.1. The van der Waals surface area contributed by atoms with Gasteiger partial charge < -0.3 is 14.2 Å².